The molecule has 1 fully saturated rings. The van der Waals surface area contributed by atoms with Crippen LogP contribution in [0.3, 0.4) is 0 Å². The van der Waals surface area contributed by atoms with E-state index in [4.69, 9.17) is 5.11 Å². The number of carboxylic acid groups (broad SMARTS) is 1. The number of carbonyl (C=O) groups is 1. The first-order chi connectivity index (χ1) is 9.24. The van der Waals surface area contributed by atoms with Crippen molar-refractivity contribution < 1.29 is 9.90 Å². The van der Waals surface area contributed by atoms with E-state index in [9.17, 15) is 4.79 Å². The molecule has 3 rings (SSSR count). The lowest BCUT2D eigenvalue weighted by Gasteiger charge is -2.29. The smallest absolute Gasteiger partial charge is 0.303 e. The second-order valence-electron chi connectivity index (χ2n) is 5.76. The third-order valence-corrected chi connectivity index (χ3v) is 4.47. The van der Waals surface area contributed by atoms with Gasteiger partial charge in [0.2, 0.25) is 0 Å². The summed E-state index contributed by atoms with van der Waals surface area (Å²) in [7, 11) is 0. The molecule has 2 aliphatic rings. The van der Waals surface area contributed by atoms with Gasteiger partial charge in [-0.25, -0.2) is 0 Å². The van der Waals surface area contributed by atoms with Crippen molar-refractivity contribution in [1.82, 2.24) is 0 Å². The fourth-order valence-corrected chi connectivity index (χ4v) is 3.46. The van der Waals surface area contributed by atoms with Gasteiger partial charge in [-0.1, -0.05) is 6.07 Å². The molecule has 19 heavy (non-hydrogen) atoms. The van der Waals surface area contributed by atoms with E-state index in [0.717, 1.165) is 25.9 Å². The molecule has 1 aliphatic carbocycles. The number of anilines is 1. The highest BCUT2D eigenvalue weighted by Gasteiger charge is 2.25. The number of hydrogen-bond donors (Lipinski definition) is 1. The molecule has 0 radical (unpaired) electrons. The lowest BCUT2D eigenvalue weighted by Crippen LogP contribution is -2.29. The van der Waals surface area contributed by atoms with Crippen LogP contribution >= 0.6 is 0 Å². The standard InChI is InChI=1S/C16H21NO2/c18-16(19)11-13-5-4-12-10-14(6-7-15(12)13)17-8-2-1-3-9-17/h6-7,10,13H,1-5,8-9,11H2,(H,18,19). The van der Waals surface area contributed by atoms with Gasteiger partial charge < -0.3 is 10.0 Å². The van der Waals surface area contributed by atoms with E-state index in [1.165, 1.54) is 36.1 Å². The largest absolute Gasteiger partial charge is 0.481 e. The number of hydrogen-bond acceptors (Lipinski definition) is 2. The Balaban J connectivity index is 1.79. The molecule has 0 aromatic heterocycles. The molecule has 0 saturated carbocycles. The Bertz CT molecular complexity index is 478. The fraction of sp³-hybridized carbons (Fsp3) is 0.562. The van der Waals surface area contributed by atoms with E-state index in [0.29, 0.717) is 0 Å². The van der Waals surface area contributed by atoms with Gasteiger partial charge in [0, 0.05) is 18.8 Å². The summed E-state index contributed by atoms with van der Waals surface area (Å²) in [5.74, 6) is -0.458. The molecule has 0 amide bonds. The van der Waals surface area contributed by atoms with Crippen LogP contribution in [0.5, 0.6) is 0 Å². The Labute approximate surface area is 114 Å². The normalized spacial score (nSPS) is 22.3. The van der Waals surface area contributed by atoms with Crippen LogP contribution in [0.15, 0.2) is 18.2 Å². The fourth-order valence-electron chi connectivity index (χ4n) is 3.46. The van der Waals surface area contributed by atoms with Crippen LogP contribution in [0.25, 0.3) is 0 Å². The number of carboxylic acids is 1. The molecule has 1 saturated heterocycles. The summed E-state index contributed by atoms with van der Waals surface area (Å²) >= 11 is 0. The zero-order valence-corrected chi connectivity index (χ0v) is 11.3. The average molecular weight is 259 g/mol. The van der Waals surface area contributed by atoms with Crippen LogP contribution in [0, 0.1) is 0 Å². The molecule has 1 aromatic carbocycles. The maximum atomic E-state index is 10.9. The van der Waals surface area contributed by atoms with Crippen LogP contribution in [0.2, 0.25) is 0 Å². The Morgan fingerprint density at radius 2 is 2.05 bits per heavy atom. The van der Waals surface area contributed by atoms with E-state index >= 15 is 0 Å². The van der Waals surface area contributed by atoms with Crippen molar-refractivity contribution in [3.63, 3.8) is 0 Å². The molecule has 3 heteroatoms. The minimum Gasteiger partial charge on any atom is -0.481 e. The number of rotatable bonds is 3. The molecule has 1 aliphatic heterocycles. The van der Waals surface area contributed by atoms with Gasteiger partial charge in [-0.15, -0.1) is 0 Å². The van der Waals surface area contributed by atoms with Crippen molar-refractivity contribution in [2.45, 2.75) is 44.4 Å². The maximum absolute atomic E-state index is 10.9. The molecule has 3 nitrogen and oxygen atoms in total. The zero-order chi connectivity index (χ0) is 13.2. The molecule has 0 spiro atoms. The van der Waals surface area contributed by atoms with Crippen molar-refractivity contribution in [1.29, 1.82) is 0 Å². The minimum absolute atomic E-state index is 0.225. The highest BCUT2D eigenvalue weighted by atomic mass is 16.4. The molecule has 0 bridgehead atoms. The molecular weight excluding hydrogens is 238 g/mol. The summed E-state index contributed by atoms with van der Waals surface area (Å²) in [4.78, 5) is 13.3. The van der Waals surface area contributed by atoms with Crippen LogP contribution < -0.4 is 4.90 Å². The third kappa shape index (κ3) is 2.60. The summed E-state index contributed by atoms with van der Waals surface area (Å²) in [5.41, 5.74) is 3.96. The Kier molecular flexibility index (Phi) is 3.45. The highest BCUT2D eigenvalue weighted by molar-refractivity contribution is 5.68. The van der Waals surface area contributed by atoms with Crippen molar-refractivity contribution in [2.24, 2.45) is 0 Å². The zero-order valence-electron chi connectivity index (χ0n) is 11.3. The van der Waals surface area contributed by atoms with Gasteiger partial charge in [-0.3, -0.25) is 4.79 Å². The van der Waals surface area contributed by atoms with Gasteiger partial charge in [0.25, 0.3) is 0 Å². The molecule has 1 aromatic rings. The molecule has 102 valence electrons. The quantitative estimate of drug-likeness (QED) is 0.906. The lowest BCUT2D eigenvalue weighted by atomic mass is 9.97. The molecule has 1 N–H and O–H groups in total. The Morgan fingerprint density at radius 3 is 2.79 bits per heavy atom. The van der Waals surface area contributed by atoms with Crippen LogP contribution in [-0.4, -0.2) is 24.2 Å². The third-order valence-electron chi connectivity index (χ3n) is 4.47. The van der Waals surface area contributed by atoms with Crippen molar-refractivity contribution in [3.05, 3.63) is 29.3 Å². The van der Waals surface area contributed by atoms with Gasteiger partial charge in [0.1, 0.15) is 0 Å². The first-order valence-corrected chi connectivity index (χ1v) is 7.33. The van der Waals surface area contributed by atoms with Gasteiger partial charge in [0.05, 0.1) is 6.42 Å². The number of nitrogens with zero attached hydrogens (tertiary/aromatic N) is 1. The molecule has 1 atom stereocenters. The second kappa shape index (κ2) is 5.24. The minimum atomic E-state index is -0.682. The van der Waals surface area contributed by atoms with E-state index in [1.54, 1.807) is 0 Å². The molecule has 1 unspecified atom stereocenters. The first kappa shape index (κ1) is 12.5. The van der Waals surface area contributed by atoms with Crippen molar-refractivity contribution in [3.8, 4) is 0 Å². The first-order valence-electron chi connectivity index (χ1n) is 7.33. The average Bonchev–Trinajstić information content (AvgIpc) is 2.81. The van der Waals surface area contributed by atoms with Crippen molar-refractivity contribution >= 4 is 11.7 Å². The van der Waals surface area contributed by atoms with Gasteiger partial charge in [0.15, 0.2) is 0 Å². The summed E-state index contributed by atoms with van der Waals surface area (Å²) in [5, 5.41) is 8.95. The topological polar surface area (TPSA) is 40.5 Å². The number of piperidine rings is 1. The summed E-state index contributed by atoms with van der Waals surface area (Å²) in [6, 6.07) is 6.65. The SMILES string of the molecule is O=C(O)CC1CCc2cc(N3CCCCC3)ccc21. The van der Waals surface area contributed by atoms with Gasteiger partial charge in [-0.05, 0) is 61.3 Å². The molecular formula is C16H21NO2. The van der Waals surface area contributed by atoms with E-state index in [1.807, 2.05) is 0 Å². The van der Waals surface area contributed by atoms with E-state index in [2.05, 4.69) is 23.1 Å². The Hall–Kier alpha value is -1.51. The second-order valence-corrected chi connectivity index (χ2v) is 5.76. The van der Waals surface area contributed by atoms with E-state index in [-0.39, 0.29) is 12.3 Å². The lowest BCUT2D eigenvalue weighted by molar-refractivity contribution is -0.137. The van der Waals surface area contributed by atoms with Crippen LogP contribution in [-0.2, 0) is 11.2 Å². The predicted molar refractivity (Wildman–Crippen MR) is 75.8 cm³/mol. The summed E-state index contributed by atoms with van der Waals surface area (Å²) in [6.45, 7) is 2.33. The number of benzene rings is 1. The Morgan fingerprint density at radius 1 is 1.26 bits per heavy atom. The van der Waals surface area contributed by atoms with Gasteiger partial charge >= 0.3 is 5.97 Å². The number of fused-ring (bicyclic) bond motifs is 1. The van der Waals surface area contributed by atoms with Crippen molar-refractivity contribution in [2.75, 3.05) is 18.0 Å². The monoisotopic (exact) mass is 259 g/mol. The number of aliphatic carboxylic acids is 1. The highest BCUT2D eigenvalue weighted by Crippen LogP contribution is 2.37. The maximum Gasteiger partial charge on any atom is 0.303 e. The van der Waals surface area contributed by atoms with Crippen LogP contribution in [0.1, 0.15) is 49.1 Å². The predicted octanol–water partition coefficient (Wildman–Crippen LogP) is 3.18. The molecule has 1 heterocycles. The number of aryl methyl sites for hydroxylation is 1. The summed E-state index contributed by atoms with van der Waals surface area (Å²) in [6.07, 6.45) is 6.23. The van der Waals surface area contributed by atoms with Gasteiger partial charge in [-0.2, -0.15) is 0 Å². The van der Waals surface area contributed by atoms with Crippen LogP contribution in [0.4, 0.5) is 5.69 Å². The summed E-state index contributed by atoms with van der Waals surface area (Å²) < 4.78 is 0. The van der Waals surface area contributed by atoms with E-state index < -0.39 is 5.97 Å².